The number of aryl methyl sites for hydroxylation is 1. The highest BCUT2D eigenvalue weighted by Crippen LogP contribution is 2.32. The first-order chi connectivity index (χ1) is 19.1. The number of benzene rings is 2. The molecule has 3 aliphatic rings. The third-order valence-electron chi connectivity index (χ3n) is 7.74. The van der Waals surface area contributed by atoms with Gasteiger partial charge in [0.1, 0.15) is 24.1 Å². The number of para-hydroxylation sites is 1. The van der Waals surface area contributed by atoms with Crippen LogP contribution in [0.25, 0.3) is 0 Å². The smallest absolute Gasteiger partial charge is 0.414 e. The van der Waals surface area contributed by atoms with E-state index < -0.39 is 5.60 Å². The third kappa shape index (κ3) is 6.18. The number of fused-ring (bicyclic) bond motifs is 1. The number of nitrogens with zero attached hydrogens (tertiary/aromatic N) is 3. The molecule has 0 aromatic heterocycles. The highest BCUT2D eigenvalue weighted by Gasteiger charge is 2.35. The lowest BCUT2D eigenvalue weighted by atomic mass is 9.99. The minimum atomic E-state index is -0.509. The first-order valence-corrected chi connectivity index (χ1v) is 14.2. The van der Waals surface area contributed by atoms with Crippen LogP contribution < -0.4 is 9.64 Å². The summed E-state index contributed by atoms with van der Waals surface area (Å²) in [7, 11) is 0. The summed E-state index contributed by atoms with van der Waals surface area (Å²) >= 11 is 0. The maximum atomic E-state index is 13.4. The Hall–Kier alpha value is -3.75. The third-order valence-corrected chi connectivity index (χ3v) is 7.74. The van der Waals surface area contributed by atoms with Crippen molar-refractivity contribution >= 4 is 23.8 Å². The molecule has 9 nitrogen and oxygen atoms in total. The van der Waals surface area contributed by atoms with Crippen molar-refractivity contribution < 1.29 is 28.6 Å². The predicted molar refractivity (Wildman–Crippen MR) is 151 cm³/mol. The molecule has 0 unspecified atom stereocenters. The lowest BCUT2D eigenvalue weighted by molar-refractivity contribution is 0.0126. The van der Waals surface area contributed by atoms with Gasteiger partial charge >= 0.3 is 12.2 Å². The minimum Gasteiger partial charge on any atom is -0.490 e. The van der Waals surface area contributed by atoms with Gasteiger partial charge in [0, 0.05) is 56.2 Å². The first kappa shape index (κ1) is 27.8. The van der Waals surface area contributed by atoms with Crippen LogP contribution in [0.2, 0.25) is 0 Å². The molecule has 3 aliphatic heterocycles. The van der Waals surface area contributed by atoms with Crippen molar-refractivity contribution in [3.63, 3.8) is 0 Å². The number of rotatable bonds is 4. The SMILES string of the molecule is Cc1cc(OC2CCN(C(=O)OC(C)(C)C)CC2)ccc1C(=O)N1CCC(N2C(=O)OCc3ccccc32)CC1. The topological polar surface area (TPSA) is 88.6 Å². The van der Waals surface area contributed by atoms with Crippen molar-refractivity contribution in [1.29, 1.82) is 0 Å². The van der Waals surface area contributed by atoms with Crippen molar-refractivity contribution in [2.24, 2.45) is 0 Å². The quantitative estimate of drug-likeness (QED) is 0.498. The molecule has 2 aromatic rings. The Morgan fingerprint density at radius 3 is 2.27 bits per heavy atom. The van der Waals surface area contributed by atoms with E-state index in [0.29, 0.717) is 51.2 Å². The van der Waals surface area contributed by atoms with Gasteiger partial charge in [-0.25, -0.2) is 9.59 Å². The second kappa shape index (κ2) is 11.4. The van der Waals surface area contributed by atoms with Gasteiger partial charge in [-0.3, -0.25) is 9.69 Å². The number of anilines is 1. The zero-order valence-corrected chi connectivity index (χ0v) is 23.9. The average Bonchev–Trinajstić information content (AvgIpc) is 2.92. The molecule has 2 saturated heterocycles. The van der Waals surface area contributed by atoms with Gasteiger partial charge in [0.15, 0.2) is 0 Å². The Bertz CT molecular complexity index is 1260. The summed E-state index contributed by atoms with van der Waals surface area (Å²) in [5.41, 5.74) is 2.93. The van der Waals surface area contributed by atoms with Crippen LogP contribution in [0, 0.1) is 6.92 Å². The van der Waals surface area contributed by atoms with Crippen LogP contribution in [0.5, 0.6) is 5.75 Å². The number of hydrogen-bond acceptors (Lipinski definition) is 6. The Morgan fingerprint density at radius 1 is 0.925 bits per heavy atom. The maximum Gasteiger partial charge on any atom is 0.414 e. The Labute approximate surface area is 236 Å². The predicted octanol–water partition coefficient (Wildman–Crippen LogP) is 5.53. The van der Waals surface area contributed by atoms with Crippen LogP contribution in [0.1, 0.15) is 67.9 Å². The molecular weight excluding hydrogens is 510 g/mol. The fraction of sp³-hybridized carbons (Fsp3) is 0.516. The molecule has 3 heterocycles. The van der Waals surface area contributed by atoms with Crippen LogP contribution >= 0.6 is 0 Å². The number of piperidine rings is 2. The lowest BCUT2D eigenvalue weighted by Crippen LogP contribution is -2.50. The van der Waals surface area contributed by atoms with Crippen LogP contribution in [0.3, 0.4) is 0 Å². The van der Waals surface area contributed by atoms with Crippen molar-refractivity contribution in [1.82, 2.24) is 9.80 Å². The van der Waals surface area contributed by atoms with Gasteiger partial charge in [-0.05, 0) is 70.4 Å². The molecule has 0 aliphatic carbocycles. The molecule has 2 fully saturated rings. The summed E-state index contributed by atoms with van der Waals surface area (Å²) in [4.78, 5) is 43.7. The number of ether oxygens (including phenoxy) is 3. The summed E-state index contributed by atoms with van der Waals surface area (Å²) < 4.78 is 17.1. The van der Waals surface area contributed by atoms with Crippen LogP contribution in [-0.4, -0.2) is 71.8 Å². The van der Waals surface area contributed by atoms with Gasteiger partial charge in [0.25, 0.3) is 5.91 Å². The van der Waals surface area contributed by atoms with Gasteiger partial charge in [-0.15, -0.1) is 0 Å². The van der Waals surface area contributed by atoms with Crippen molar-refractivity contribution in [3.8, 4) is 5.75 Å². The van der Waals surface area contributed by atoms with E-state index in [4.69, 9.17) is 14.2 Å². The molecule has 0 spiro atoms. The molecule has 0 saturated carbocycles. The average molecular weight is 550 g/mol. The molecule has 3 amide bonds. The molecular formula is C31H39N3O6. The monoisotopic (exact) mass is 549 g/mol. The fourth-order valence-electron chi connectivity index (χ4n) is 5.64. The number of cyclic esters (lactones) is 1. The minimum absolute atomic E-state index is 0.00314. The van der Waals surface area contributed by atoms with Crippen LogP contribution in [-0.2, 0) is 16.1 Å². The molecule has 0 N–H and O–H groups in total. The number of carbonyl (C=O) groups is 3. The summed E-state index contributed by atoms with van der Waals surface area (Å²) in [5, 5.41) is 0. The van der Waals surface area contributed by atoms with Crippen molar-refractivity contribution in [3.05, 3.63) is 59.2 Å². The number of likely N-dealkylation sites (tertiary alicyclic amines) is 2. The van der Waals surface area contributed by atoms with Gasteiger partial charge in [0.2, 0.25) is 0 Å². The zero-order chi connectivity index (χ0) is 28.4. The highest BCUT2D eigenvalue weighted by molar-refractivity contribution is 5.96. The van der Waals surface area contributed by atoms with E-state index in [1.807, 2.05) is 75.1 Å². The van der Waals surface area contributed by atoms with E-state index in [1.54, 1.807) is 9.80 Å². The molecule has 0 atom stereocenters. The van der Waals surface area contributed by atoms with E-state index in [2.05, 4.69) is 0 Å². The molecule has 40 heavy (non-hydrogen) atoms. The van der Waals surface area contributed by atoms with Gasteiger partial charge in [-0.2, -0.15) is 0 Å². The van der Waals surface area contributed by atoms with Crippen molar-refractivity contribution in [2.45, 2.75) is 77.7 Å². The van der Waals surface area contributed by atoms with E-state index in [9.17, 15) is 14.4 Å². The standard InChI is InChI=1S/C31H39N3O6/c1-21-19-25(39-24-13-17-33(18-14-24)29(36)40-31(2,3)4)9-10-26(21)28(35)32-15-11-23(12-16-32)34-27-8-6-5-7-22(27)20-38-30(34)37/h5-10,19,23-24H,11-18,20H2,1-4H3. The molecule has 9 heteroatoms. The van der Waals surface area contributed by atoms with E-state index in [0.717, 1.165) is 35.4 Å². The second-order valence-electron chi connectivity index (χ2n) is 11.8. The number of amides is 3. The zero-order valence-electron chi connectivity index (χ0n) is 23.9. The molecule has 5 rings (SSSR count). The number of hydrogen-bond donors (Lipinski definition) is 0. The lowest BCUT2D eigenvalue weighted by Gasteiger charge is -2.40. The van der Waals surface area contributed by atoms with Gasteiger partial charge < -0.3 is 24.0 Å². The molecule has 0 radical (unpaired) electrons. The number of carbonyl (C=O) groups excluding carboxylic acids is 3. The summed E-state index contributed by atoms with van der Waals surface area (Å²) in [6.45, 7) is 10.2. The molecule has 214 valence electrons. The largest absolute Gasteiger partial charge is 0.490 e. The highest BCUT2D eigenvalue weighted by atomic mass is 16.6. The maximum absolute atomic E-state index is 13.4. The van der Waals surface area contributed by atoms with Crippen molar-refractivity contribution in [2.75, 3.05) is 31.1 Å². The van der Waals surface area contributed by atoms with E-state index in [1.165, 1.54) is 0 Å². The summed E-state index contributed by atoms with van der Waals surface area (Å²) in [5.74, 6) is 0.723. The normalized spacial score (nSPS) is 18.7. The Morgan fingerprint density at radius 2 is 1.60 bits per heavy atom. The Balaban J connectivity index is 1.14. The van der Waals surface area contributed by atoms with Gasteiger partial charge in [0.05, 0.1) is 5.69 Å². The van der Waals surface area contributed by atoms with Gasteiger partial charge in [-0.1, -0.05) is 18.2 Å². The van der Waals surface area contributed by atoms with Crippen LogP contribution in [0.4, 0.5) is 15.3 Å². The van der Waals surface area contributed by atoms with E-state index >= 15 is 0 Å². The second-order valence-corrected chi connectivity index (χ2v) is 11.8. The molecule has 0 bridgehead atoms. The van der Waals surface area contributed by atoms with Crippen LogP contribution in [0.15, 0.2) is 42.5 Å². The summed E-state index contributed by atoms with van der Waals surface area (Å²) in [6.07, 6.45) is 2.24. The molecule has 2 aromatic carbocycles. The first-order valence-electron chi connectivity index (χ1n) is 14.2. The Kier molecular flexibility index (Phi) is 7.92. The summed E-state index contributed by atoms with van der Waals surface area (Å²) in [6, 6.07) is 13.4. The fourth-order valence-corrected chi connectivity index (χ4v) is 5.64. The van der Waals surface area contributed by atoms with E-state index in [-0.39, 0.29) is 30.2 Å².